The first-order valence-corrected chi connectivity index (χ1v) is 19.2. The Morgan fingerprint density at radius 3 is 1.85 bits per heavy atom. The van der Waals surface area contributed by atoms with E-state index >= 15 is 0 Å². The number of amides is 1. The fourth-order valence-corrected chi connectivity index (χ4v) is 6.03. The lowest BCUT2D eigenvalue weighted by Crippen LogP contribution is -2.65. The van der Waals surface area contributed by atoms with Crippen LogP contribution in [0.4, 0.5) is 0 Å². The van der Waals surface area contributed by atoms with E-state index in [-0.39, 0.29) is 18.9 Å². The Hall–Kier alpha value is -1.79. The summed E-state index contributed by atoms with van der Waals surface area (Å²) in [6, 6.07) is -0.928. The van der Waals surface area contributed by atoms with Crippen LogP contribution in [-0.2, 0) is 23.7 Å². The number of hydrogen-bond donors (Lipinski definition) is 9. The smallest absolute Gasteiger partial charge is 0.220 e. The van der Waals surface area contributed by atoms with E-state index in [9.17, 15) is 45.6 Å². The lowest BCUT2D eigenvalue weighted by atomic mass is 9.97. The first kappa shape index (κ1) is 46.4. The number of nitrogens with one attached hydrogen (secondary N) is 1. The van der Waals surface area contributed by atoms with Crippen molar-refractivity contribution in [3.8, 4) is 0 Å². The predicted octanol–water partition coefficient (Wildman–Crippen LogP) is 1.64. The molecule has 1 amide bonds. The average molecular weight is 746 g/mol. The molecule has 0 aromatic rings. The van der Waals surface area contributed by atoms with Gasteiger partial charge < -0.3 is 65.1 Å². The molecule has 0 saturated carbocycles. The molecule has 52 heavy (non-hydrogen) atoms. The first-order valence-electron chi connectivity index (χ1n) is 19.2. The zero-order valence-corrected chi connectivity index (χ0v) is 31.0. The molecule has 0 aromatic carbocycles. The van der Waals surface area contributed by atoms with E-state index in [0.29, 0.717) is 12.8 Å². The van der Waals surface area contributed by atoms with E-state index in [0.717, 1.165) is 57.8 Å². The number of aliphatic hydroxyl groups excluding tert-OH is 8. The summed E-state index contributed by atoms with van der Waals surface area (Å²) in [6.45, 7) is 2.56. The topological polar surface area (TPSA) is 228 Å². The van der Waals surface area contributed by atoms with Crippen molar-refractivity contribution in [2.24, 2.45) is 0 Å². The highest BCUT2D eigenvalue weighted by Gasteiger charge is 2.50. The van der Waals surface area contributed by atoms with E-state index in [1.54, 1.807) is 6.08 Å². The van der Waals surface area contributed by atoms with Gasteiger partial charge >= 0.3 is 0 Å². The van der Waals surface area contributed by atoms with Gasteiger partial charge in [0.05, 0.1) is 32.0 Å². The molecule has 0 spiro atoms. The zero-order chi connectivity index (χ0) is 38.3. The van der Waals surface area contributed by atoms with Gasteiger partial charge in [0.2, 0.25) is 5.91 Å². The molecule has 0 aliphatic carbocycles. The van der Waals surface area contributed by atoms with Crippen molar-refractivity contribution in [1.29, 1.82) is 0 Å². The quantitative estimate of drug-likeness (QED) is 0.0454. The number of unbranched alkanes of at least 4 members (excludes halogenated alkanes) is 9. The monoisotopic (exact) mass is 745 g/mol. The Morgan fingerprint density at radius 1 is 0.673 bits per heavy atom. The SMILES string of the molecule is CCC/C=C/CC/C=C/CC/C=C/C(O)C(COC1OC(CO)C(OC2OC(CO)C(O)C(O)C2O)C(O)C1O)NC(=O)CCCCCCCCC. The van der Waals surface area contributed by atoms with Crippen LogP contribution < -0.4 is 5.32 Å². The van der Waals surface area contributed by atoms with Gasteiger partial charge in [-0.2, -0.15) is 0 Å². The van der Waals surface area contributed by atoms with Gasteiger partial charge in [0.15, 0.2) is 12.6 Å². The van der Waals surface area contributed by atoms with Gasteiger partial charge in [0, 0.05) is 6.42 Å². The number of hydrogen-bond acceptors (Lipinski definition) is 13. The third-order valence-corrected chi connectivity index (χ3v) is 9.29. The number of carbonyl (C=O) groups excluding carboxylic acids is 1. The maximum atomic E-state index is 12.9. The molecule has 2 aliphatic rings. The molecule has 2 aliphatic heterocycles. The lowest BCUT2D eigenvalue weighted by molar-refractivity contribution is -0.359. The fraction of sp³-hybridized carbons (Fsp3) is 0.816. The van der Waals surface area contributed by atoms with Crippen molar-refractivity contribution in [1.82, 2.24) is 5.32 Å². The molecule has 0 aromatic heterocycles. The van der Waals surface area contributed by atoms with Gasteiger partial charge in [-0.1, -0.05) is 95.2 Å². The Kier molecular flexibility index (Phi) is 24.0. The van der Waals surface area contributed by atoms with Gasteiger partial charge in [0.25, 0.3) is 0 Å². The third kappa shape index (κ3) is 16.3. The molecule has 2 fully saturated rings. The van der Waals surface area contributed by atoms with Gasteiger partial charge in [-0.25, -0.2) is 0 Å². The normalized spacial score (nSPS) is 31.1. The molecule has 2 heterocycles. The third-order valence-electron chi connectivity index (χ3n) is 9.29. The molecule has 0 bridgehead atoms. The van der Waals surface area contributed by atoms with Crippen molar-refractivity contribution in [3.05, 3.63) is 36.5 Å². The predicted molar refractivity (Wildman–Crippen MR) is 194 cm³/mol. The molecule has 9 N–H and O–H groups in total. The fourth-order valence-electron chi connectivity index (χ4n) is 6.03. The first-order chi connectivity index (χ1) is 25.1. The Balaban J connectivity index is 2.00. The molecule has 0 radical (unpaired) electrons. The summed E-state index contributed by atoms with van der Waals surface area (Å²) in [5, 5.41) is 85.8. The summed E-state index contributed by atoms with van der Waals surface area (Å²) < 4.78 is 22.4. The number of aliphatic hydroxyl groups is 8. The number of rotatable bonds is 26. The molecule has 2 saturated heterocycles. The maximum Gasteiger partial charge on any atom is 0.220 e. The van der Waals surface area contributed by atoms with Crippen LogP contribution in [0.1, 0.15) is 104 Å². The van der Waals surface area contributed by atoms with Crippen molar-refractivity contribution in [3.63, 3.8) is 0 Å². The molecule has 12 atom stereocenters. The largest absolute Gasteiger partial charge is 0.394 e. The summed E-state index contributed by atoms with van der Waals surface area (Å²) in [5.41, 5.74) is 0. The van der Waals surface area contributed by atoms with Gasteiger partial charge in [-0.05, 0) is 38.5 Å². The number of carbonyl (C=O) groups is 1. The van der Waals surface area contributed by atoms with E-state index < -0.39 is 86.8 Å². The van der Waals surface area contributed by atoms with Crippen molar-refractivity contribution < 1.29 is 64.6 Å². The van der Waals surface area contributed by atoms with Crippen LogP contribution >= 0.6 is 0 Å². The molecular weight excluding hydrogens is 678 g/mol. The summed E-state index contributed by atoms with van der Waals surface area (Å²) in [4.78, 5) is 12.9. The van der Waals surface area contributed by atoms with E-state index in [1.807, 2.05) is 6.08 Å². The van der Waals surface area contributed by atoms with Crippen molar-refractivity contribution >= 4 is 5.91 Å². The summed E-state index contributed by atoms with van der Waals surface area (Å²) in [6.07, 6.45) is 8.15. The molecule has 14 heteroatoms. The van der Waals surface area contributed by atoms with E-state index in [2.05, 4.69) is 43.5 Å². The highest BCUT2D eigenvalue weighted by Crippen LogP contribution is 2.29. The molecular formula is C38H67NO13. The second kappa shape index (κ2) is 26.9. The van der Waals surface area contributed by atoms with Gasteiger partial charge in [-0.3, -0.25) is 4.79 Å². The minimum atomic E-state index is -1.79. The van der Waals surface area contributed by atoms with Crippen molar-refractivity contribution in [2.75, 3.05) is 19.8 Å². The van der Waals surface area contributed by atoms with Crippen LogP contribution in [0.15, 0.2) is 36.5 Å². The van der Waals surface area contributed by atoms with Gasteiger partial charge in [-0.15, -0.1) is 0 Å². The second-order valence-corrected chi connectivity index (χ2v) is 13.7. The minimum Gasteiger partial charge on any atom is -0.394 e. The minimum absolute atomic E-state index is 0.267. The van der Waals surface area contributed by atoms with Crippen LogP contribution in [0.5, 0.6) is 0 Å². The highest BCUT2D eigenvalue weighted by molar-refractivity contribution is 5.76. The Bertz CT molecular complexity index is 1020. The van der Waals surface area contributed by atoms with E-state index in [1.165, 1.54) is 12.8 Å². The molecule has 14 nitrogen and oxygen atoms in total. The zero-order valence-electron chi connectivity index (χ0n) is 31.0. The highest BCUT2D eigenvalue weighted by atomic mass is 16.7. The van der Waals surface area contributed by atoms with E-state index in [4.69, 9.17) is 18.9 Å². The van der Waals surface area contributed by atoms with Gasteiger partial charge in [0.1, 0.15) is 48.8 Å². The van der Waals surface area contributed by atoms with Crippen LogP contribution in [-0.4, -0.2) is 140 Å². The van der Waals surface area contributed by atoms with Crippen molar-refractivity contribution in [2.45, 2.75) is 177 Å². The maximum absolute atomic E-state index is 12.9. The summed E-state index contributed by atoms with van der Waals surface area (Å²) in [7, 11) is 0. The molecule has 2 rings (SSSR count). The second-order valence-electron chi connectivity index (χ2n) is 13.7. The Labute approximate surface area is 309 Å². The molecule has 12 unspecified atom stereocenters. The molecule has 302 valence electrons. The number of allylic oxidation sites excluding steroid dienone is 5. The van der Waals surface area contributed by atoms with Crippen LogP contribution in [0.3, 0.4) is 0 Å². The average Bonchev–Trinajstić information content (AvgIpc) is 3.14. The standard InChI is InChI=1S/C38H67NO13/c1-3-5-7-9-11-12-13-14-16-17-19-21-27(42)26(39-30(43)22-20-18-15-10-8-6-4-2)25-49-37-35(48)33(46)36(29(24-41)51-37)52-38-34(47)32(45)31(44)28(23-40)50-38/h7,9,13-14,19,21,26-29,31-38,40-42,44-48H,3-6,8,10-12,15-18,20,22-25H2,1-2H3,(H,39,43)/b9-7+,14-13+,21-19+. The van der Waals surface area contributed by atoms with Crippen LogP contribution in [0, 0.1) is 0 Å². The summed E-state index contributed by atoms with van der Waals surface area (Å²) >= 11 is 0. The van der Waals surface area contributed by atoms with Crippen LogP contribution in [0.2, 0.25) is 0 Å². The number of ether oxygens (including phenoxy) is 4. The van der Waals surface area contributed by atoms with Crippen LogP contribution in [0.25, 0.3) is 0 Å². The Morgan fingerprint density at radius 2 is 1.23 bits per heavy atom. The lowest BCUT2D eigenvalue weighted by Gasteiger charge is -2.46. The summed E-state index contributed by atoms with van der Waals surface area (Å²) in [5.74, 6) is -0.267.